The number of aryl methyl sites for hydroxylation is 1. The Hall–Kier alpha value is -3.07. The van der Waals surface area contributed by atoms with Crippen LogP contribution in [0.5, 0.6) is 0 Å². The van der Waals surface area contributed by atoms with Gasteiger partial charge in [0, 0.05) is 35.4 Å². The van der Waals surface area contributed by atoms with Crippen LogP contribution in [0.2, 0.25) is 0 Å². The molecule has 0 saturated carbocycles. The van der Waals surface area contributed by atoms with Crippen molar-refractivity contribution >= 4 is 34.6 Å². The molecule has 2 aromatic carbocycles. The molecule has 1 aromatic heterocycles. The van der Waals surface area contributed by atoms with E-state index >= 15 is 0 Å². The lowest BCUT2D eigenvalue weighted by Crippen LogP contribution is -2.06. The average Bonchev–Trinajstić information content (AvgIpc) is 2.95. The van der Waals surface area contributed by atoms with Gasteiger partial charge in [-0.25, -0.2) is 0 Å². The van der Waals surface area contributed by atoms with Gasteiger partial charge in [-0.3, -0.25) is 4.79 Å². The first-order chi connectivity index (χ1) is 12.5. The molecule has 1 heterocycles. The predicted octanol–water partition coefficient (Wildman–Crippen LogP) is 5.60. The van der Waals surface area contributed by atoms with E-state index in [2.05, 4.69) is 72.9 Å². The van der Waals surface area contributed by atoms with Crippen molar-refractivity contribution in [3.05, 3.63) is 78.0 Å². The Labute approximate surface area is 154 Å². The minimum atomic E-state index is -0.206. The third-order valence-corrected chi connectivity index (χ3v) is 4.53. The van der Waals surface area contributed by atoms with Crippen LogP contribution in [0.4, 0.5) is 5.69 Å². The van der Waals surface area contributed by atoms with Gasteiger partial charge in [-0.2, -0.15) is 0 Å². The summed E-state index contributed by atoms with van der Waals surface area (Å²) >= 11 is 0. The highest BCUT2D eigenvalue weighted by Gasteiger charge is 2.06. The highest BCUT2D eigenvalue weighted by atomic mass is 16.1. The summed E-state index contributed by atoms with van der Waals surface area (Å²) < 4.78 is 2.09. The van der Waals surface area contributed by atoms with Crippen LogP contribution in [0.15, 0.2) is 61.3 Å². The maximum absolute atomic E-state index is 11.5. The molecule has 0 aliphatic carbocycles. The maximum Gasteiger partial charge on any atom is 0.247 e. The van der Waals surface area contributed by atoms with Crippen LogP contribution in [0.25, 0.3) is 23.1 Å². The number of hydrogen-bond donors (Lipinski definition) is 1. The van der Waals surface area contributed by atoms with E-state index in [4.69, 9.17) is 0 Å². The van der Waals surface area contributed by atoms with Crippen molar-refractivity contribution in [3.63, 3.8) is 0 Å². The first kappa shape index (κ1) is 17.7. The Balaban J connectivity index is 1.92. The molecule has 0 bridgehead atoms. The second-order valence-corrected chi connectivity index (χ2v) is 6.78. The van der Waals surface area contributed by atoms with E-state index in [1.165, 1.54) is 17.2 Å². The molecule has 26 heavy (non-hydrogen) atoms. The molecule has 132 valence electrons. The summed E-state index contributed by atoms with van der Waals surface area (Å²) in [5.41, 5.74) is 5.52. The summed E-state index contributed by atoms with van der Waals surface area (Å²) in [6.45, 7) is 7.89. The van der Waals surface area contributed by atoms with Crippen molar-refractivity contribution in [3.8, 4) is 0 Å². The van der Waals surface area contributed by atoms with E-state index in [-0.39, 0.29) is 5.91 Å². The third kappa shape index (κ3) is 3.77. The Kier molecular flexibility index (Phi) is 5.08. The van der Waals surface area contributed by atoms with Gasteiger partial charge in [0.1, 0.15) is 0 Å². The monoisotopic (exact) mass is 344 g/mol. The summed E-state index contributed by atoms with van der Waals surface area (Å²) in [5.74, 6) is 0.331. The number of carbonyl (C=O) groups is 1. The lowest BCUT2D eigenvalue weighted by molar-refractivity contribution is -0.111. The first-order valence-corrected chi connectivity index (χ1v) is 8.78. The second kappa shape index (κ2) is 7.44. The van der Waals surface area contributed by atoms with Crippen LogP contribution in [-0.2, 0) is 11.8 Å². The van der Waals surface area contributed by atoms with Crippen LogP contribution in [-0.4, -0.2) is 10.5 Å². The number of rotatable bonds is 5. The van der Waals surface area contributed by atoms with E-state index in [1.807, 2.05) is 25.2 Å². The third-order valence-electron chi connectivity index (χ3n) is 4.53. The molecule has 0 radical (unpaired) electrons. The molecule has 0 spiro atoms. The number of amides is 1. The molecule has 3 aromatic rings. The molecule has 1 N–H and O–H groups in total. The molecule has 0 aliphatic rings. The fourth-order valence-corrected chi connectivity index (χ4v) is 3.00. The zero-order valence-corrected chi connectivity index (χ0v) is 15.5. The second-order valence-electron chi connectivity index (χ2n) is 6.78. The summed E-state index contributed by atoms with van der Waals surface area (Å²) in [5, 5.41) is 3.92. The summed E-state index contributed by atoms with van der Waals surface area (Å²) in [6, 6.07) is 14.6. The average molecular weight is 344 g/mol. The minimum absolute atomic E-state index is 0.206. The molecular formula is C23H24N2O. The van der Waals surface area contributed by atoms with E-state index in [0.717, 1.165) is 22.2 Å². The quantitative estimate of drug-likeness (QED) is 0.601. The number of fused-ring (bicyclic) bond motifs is 1. The van der Waals surface area contributed by atoms with E-state index < -0.39 is 0 Å². The van der Waals surface area contributed by atoms with Crippen LogP contribution in [0.3, 0.4) is 0 Å². The van der Waals surface area contributed by atoms with E-state index in [1.54, 1.807) is 0 Å². The number of carbonyl (C=O) groups excluding carboxylic acids is 1. The summed E-state index contributed by atoms with van der Waals surface area (Å²) in [7, 11) is 2.03. The van der Waals surface area contributed by atoms with Gasteiger partial charge in [0.2, 0.25) is 5.91 Å². The van der Waals surface area contributed by atoms with Gasteiger partial charge < -0.3 is 9.88 Å². The highest BCUT2D eigenvalue weighted by molar-refractivity contribution is 6.01. The molecule has 0 atom stereocenters. The summed E-state index contributed by atoms with van der Waals surface area (Å²) in [4.78, 5) is 11.5. The highest BCUT2D eigenvalue weighted by Crippen LogP contribution is 2.26. The molecule has 1 amide bonds. The molecule has 3 nitrogen and oxygen atoms in total. The molecule has 0 aliphatic heterocycles. The van der Waals surface area contributed by atoms with E-state index in [0.29, 0.717) is 5.92 Å². The topological polar surface area (TPSA) is 34.0 Å². The Morgan fingerprint density at radius 3 is 2.50 bits per heavy atom. The van der Waals surface area contributed by atoms with Crippen molar-refractivity contribution in [1.82, 2.24) is 4.57 Å². The van der Waals surface area contributed by atoms with Gasteiger partial charge in [-0.1, -0.05) is 56.8 Å². The maximum atomic E-state index is 11.5. The summed E-state index contributed by atoms with van der Waals surface area (Å²) in [6.07, 6.45) is 7.61. The van der Waals surface area contributed by atoms with Crippen LogP contribution < -0.4 is 5.32 Å². The molecule has 0 unspecified atom stereocenters. The van der Waals surface area contributed by atoms with Gasteiger partial charge in [0.05, 0.1) is 0 Å². The van der Waals surface area contributed by atoms with E-state index in [9.17, 15) is 4.79 Å². The van der Waals surface area contributed by atoms with Crippen molar-refractivity contribution in [1.29, 1.82) is 0 Å². The number of aromatic nitrogens is 1. The molecule has 0 saturated heterocycles. The fourth-order valence-electron chi connectivity index (χ4n) is 3.00. The fraction of sp³-hybridized carbons (Fsp3) is 0.174. The minimum Gasteiger partial charge on any atom is -0.350 e. The van der Waals surface area contributed by atoms with Crippen molar-refractivity contribution < 1.29 is 4.79 Å². The van der Waals surface area contributed by atoms with Gasteiger partial charge in [-0.15, -0.1) is 0 Å². The molecule has 3 heteroatoms. The Bertz CT molecular complexity index is 975. The van der Waals surface area contributed by atoms with Crippen LogP contribution in [0, 0.1) is 0 Å². The Morgan fingerprint density at radius 1 is 1.12 bits per heavy atom. The molecular weight excluding hydrogens is 320 g/mol. The Morgan fingerprint density at radius 2 is 1.85 bits per heavy atom. The van der Waals surface area contributed by atoms with Crippen molar-refractivity contribution in [2.45, 2.75) is 19.8 Å². The lowest BCUT2D eigenvalue weighted by Gasteiger charge is -2.04. The largest absolute Gasteiger partial charge is 0.350 e. The number of hydrogen-bond acceptors (Lipinski definition) is 1. The van der Waals surface area contributed by atoms with Gasteiger partial charge in [-0.05, 0) is 41.3 Å². The predicted molar refractivity (Wildman–Crippen MR) is 111 cm³/mol. The van der Waals surface area contributed by atoms with Crippen LogP contribution in [0.1, 0.15) is 36.5 Å². The molecule has 0 fully saturated rings. The number of nitrogens with zero attached hydrogens (tertiary/aromatic N) is 1. The standard InChI is InChI=1S/C23H24N2O/c1-5-23(26)24-20-12-13-22-21(14-20)19(15-25(22)4)11-8-17-6-9-18(10-7-17)16(2)3/h5-16H,1H2,2-4H3,(H,24,26). The van der Waals surface area contributed by atoms with Gasteiger partial charge in [0.15, 0.2) is 0 Å². The smallest absolute Gasteiger partial charge is 0.247 e. The van der Waals surface area contributed by atoms with Crippen LogP contribution >= 0.6 is 0 Å². The SMILES string of the molecule is C=CC(=O)Nc1ccc2c(c1)c(C=Cc1ccc(C(C)C)cc1)cn2C. The van der Waals surface area contributed by atoms with Gasteiger partial charge in [0.25, 0.3) is 0 Å². The van der Waals surface area contributed by atoms with Gasteiger partial charge >= 0.3 is 0 Å². The zero-order valence-electron chi connectivity index (χ0n) is 15.5. The first-order valence-electron chi connectivity index (χ1n) is 8.78. The zero-order chi connectivity index (χ0) is 18.7. The van der Waals surface area contributed by atoms with Crippen molar-refractivity contribution in [2.75, 3.05) is 5.32 Å². The lowest BCUT2D eigenvalue weighted by atomic mass is 10.0. The van der Waals surface area contributed by atoms with Crippen molar-refractivity contribution in [2.24, 2.45) is 7.05 Å². The number of benzene rings is 2. The number of nitrogens with one attached hydrogen (secondary N) is 1. The number of anilines is 1. The molecule has 3 rings (SSSR count). The normalized spacial score (nSPS) is 11.4.